The first kappa shape index (κ1) is 15.6. The highest BCUT2D eigenvalue weighted by Crippen LogP contribution is 2.31. The van der Waals surface area contributed by atoms with E-state index in [0.717, 1.165) is 12.3 Å². The Morgan fingerprint density at radius 2 is 1.83 bits per heavy atom. The fourth-order valence-electron chi connectivity index (χ4n) is 3.03. The van der Waals surface area contributed by atoms with Crippen LogP contribution in [0.25, 0.3) is 16.6 Å². The summed E-state index contributed by atoms with van der Waals surface area (Å²) in [6, 6.07) is 17.3. The minimum atomic E-state index is 0.454. The highest BCUT2D eigenvalue weighted by molar-refractivity contribution is 5.88. The van der Waals surface area contributed by atoms with Crippen molar-refractivity contribution < 1.29 is 4.74 Å². The van der Waals surface area contributed by atoms with Crippen molar-refractivity contribution in [2.45, 2.75) is 33.4 Å². The van der Waals surface area contributed by atoms with Crippen LogP contribution in [0.1, 0.15) is 25.1 Å². The van der Waals surface area contributed by atoms with Gasteiger partial charge in [0.25, 0.3) is 0 Å². The van der Waals surface area contributed by atoms with Crippen molar-refractivity contribution in [2.75, 3.05) is 7.11 Å². The Balaban J connectivity index is 2.22. The van der Waals surface area contributed by atoms with E-state index < -0.39 is 0 Å². The monoisotopic (exact) mass is 308 g/mol. The van der Waals surface area contributed by atoms with E-state index in [2.05, 4.69) is 73.1 Å². The van der Waals surface area contributed by atoms with Crippen molar-refractivity contribution in [2.24, 2.45) is 0 Å². The van der Waals surface area contributed by atoms with E-state index in [1.54, 1.807) is 7.11 Å². The maximum Gasteiger partial charge on any atom is 0.119 e. The van der Waals surface area contributed by atoms with Crippen LogP contribution < -0.4 is 10.1 Å². The molecule has 3 aromatic rings. The van der Waals surface area contributed by atoms with Crippen LogP contribution in [0.2, 0.25) is 0 Å². The zero-order valence-corrected chi connectivity index (χ0v) is 14.3. The number of para-hydroxylation sites is 1. The average molecular weight is 308 g/mol. The maximum atomic E-state index is 5.43. The Labute approximate surface area is 137 Å². The lowest BCUT2D eigenvalue weighted by atomic mass is 10.1. The number of hydrogen-bond acceptors (Lipinski definition) is 2. The molecular formula is C20H24N2O. The fraction of sp³-hybridized carbons (Fsp3) is 0.300. The van der Waals surface area contributed by atoms with Gasteiger partial charge in [-0.2, -0.15) is 0 Å². The van der Waals surface area contributed by atoms with Crippen molar-refractivity contribution in [3.05, 3.63) is 59.8 Å². The third kappa shape index (κ3) is 2.97. The first-order valence-electron chi connectivity index (χ1n) is 8.08. The molecule has 0 spiro atoms. The molecule has 1 N–H and O–H groups in total. The predicted octanol–water partition coefficient (Wildman–Crippen LogP) is 4.45. The van der Waals surface area contributed by atoms with Crippen LogP contribution in [0.5, 0.6) is 5.75 Å². The topological polar surface area (TPSA) is 26.2 Å². The van der Waals surface area contributed by atoms with Gasteiger partial charge in [-0.3, -0.25) is 0 Å². The molecule has 3 rings (SSSR count). The molecule has 1 heterocycles. The van der Waals surface area contributed by atoms with Crippen molar-refractivity contribution in [1.82, 2.24) is 9.88 Å². The van der Waals surface area contributed by atoms with E-state index in [1.165, 1.54) is 27.8 Å². The molecule has 0 saturated carbocycles. The lowest BCUT2D eigenvalue weighted by Crippen LogP contribution is -2.22. The van der Waals surface area contributed by atoms with E-state index in [1.807, 2.05) is 6.07 Å². The molecule has 23 heavy (non-hydrogen) atoms. The van der Waals surface area contributed by atoms with Crippen LogP contribution in [-0.4, -0.2) is 17.7 Å². The normalized spacial score (nSPS) is 11.3. The fourth-order valence-corrected chi connectivity index (χ4v) is 3.03. The summed E-state index contributed by atoms with van der Waals surface area (Å²) in [4.78, 5) is 0. The van der Waals surface area contributed by atoms with Crippen molar-refractivity contribution in [1.29, 1.82) is 0 Å². The molecule has 0 saturated heterocycles. The van der Waals surface area contributed by atoms with Gasteiger partial charge in [0, 0.05) is 29.4 Å². The molecule has 0 radical (unpaired) electrons. The van der Waals surface area contributed by atoms with Gasteiger partial charge in [0.15, 0.2) is 0 Å². The Bertz CT molecular complexity index is 803. The van der Waals surface area contributed by atoms with Crippen LogP contribution in [0.4, 0.5) is 0 Å². The lowest BCUT2D eigenvalue weighted by Gasteiger charge is -2.10. The summed E-state index contributed by atoms with van der Waals surface area (Å²) in [5, 5.41) is 4.79. The third-order valence-corrected chi connectivity index (χ3v) is 4.24. The lowest BCUT2D eigenvalue weighted by molar-refractivity contribution is 0.415. The van der Waals surface area contributed by atoms with Crippen LogP contribution in [0.15, 0.2) is 48.5 Å². The van der Waals surface area contributed by atoms with Crippen LogP contribution in [0.3, 0.4) is 0 Å². The van der Waals surface area contributed by atoms with E-state index in [4.69, 9.17) is 4.74 Å². The highest BCUT2D eigenvalue weighted by atomic mass is 16.5. The molecular weight excluding hydrogens is 284 g/mol. The van der Waals surface area contributed by atoms with E-state index >= 15 is 0 Å². The van der Waals surface area contributed by atoms with Crippen LogP contribution >= 0.6 is 0 Å². The number of nitrogens with zero attached hydrogens (tertiary/aromatic N) is 1. The molecule has 0 aliphatic heterocycles. The third-order valence-electron chi connectivity index (χ3n) is 4.24. The van der Waals surface area contributed by atoms with Gasteiger partial charge >= 0.3 is 0 Å². The Morgan fingerprint density at radius 3 is 2.48 bits per heavy atom. The number of ether oxygens (including phenoxy) is 1. The first-order chi connectivity index (χ1) is 11.1. The summed E-state index contributed by atoms with van der Waals surface area (Å²) in [6.45, 7) is 7.39. The van der Waals surface area contributed by atoms with E-state index in [9.17, 15) is 0 Å². The van der Waals surface area contributed by atoms with Crippen LogP contribution in [0, 0.1) is 6.92 Å². The summed E-state index contributed by atoms with van der Waals surface area (Å²) in [5.41, 5.74) is 5.01. The molecule has 0 aliphatic rings. The predicted molar refractivity (Wildman–Crippen MR) is 96.5 cm³/mol. The minimum absolute atomic E-state index is 0.454. The summed E-state index contributed by atoms with van der Waals surface area (Å²) in [6.07, 6.45) is 0. The highest BCUT2D eigenvalue weighted by Gasteiger charge is 2.16. The summed E-state index contributed by atoms with van der Waals surface area (Å²) >= 11 is 0. The maximum absolute atomic E-state index is 5.43. The number of hydrogen-bond donors (Lipinski definition) is 1. The second-order valence-corrected chi connectivity index (χ2v) is 6.15. The summed E-state index contributed by atoms with van der Waals surface area (Å²) in [5.74, 6) is 0.897. The van der Waals surface area contributed by atoms with Crippen molar-refractivity contribution >= 4 is 10.9 Å². The number of benzene rings is 2. The number of methoxy groups -OCH3 is 1. The van der Waals surface area contributed by atoms with Gasteiger partial charge in [0.1, 0.15) is 5.75 Å². The van der Waals surface area contributed by atoms with Crippen molar-refractivity contribution in [3.8, 4) is 11.4 Å². The molecule has 0 aliphatic carbocycles. The molecule has 0 unspecified atom stereocenters. The second-order valence-electron chi connectivity index (χ2n) is 6.15. The Kier molecular flexibility index (Phi) is 4.39. The first-order valence-corrected chi connectivity index (χ1v) is 8.08. The largest absolute Gasteiger partial charge is 0.497 e. The number of aromatic nitrogens is 1. The molecule has 0 fully saturated rings. The number of nitrogens with one attached hydrogen (secondary N) is 1. The number of rotatable bonds is 5. The molecule has 0 atom stereocenters. The molecule has 0 bridgehead atoms. The van der Waals surface area contributed by atoms with Gasteiger partial charge < -0.3 is 14.6 Å². The standard InChI is InChI=1S/C20H24N2O/c1-14(2)21-13-19-15(3)22(16-8-6-5-7-9-16)20-11-10-17(23-4)12-18(19)20/h5-12,14,21H,13H2,1-4H3. The van der Waals surface area contributed by atoms with Gasteiger partial charge in [-0.1, -0.05) is 32.0 Å². The molecule has 2 aromatic carbocycles. The molecule has 120 valence electrons. The zero-order valence-electron chi connectivity index (χ0n) is 14.3. The van der Waals surface area contributed by atoms with Crippen molar-refractivity contribution in [3.63, 3.8) is 0 Å². The van der Waals surface area contributed by atoms with Gasteiger partial charge in [-0.15, -0.1) is 0 Å². The Hall–Kier alpha value is -2.26. The molecule has 0 amide bonds. The SMILES string of the molecule is COc1ccc2c(c1)c(CNC(C)C)c(C)n2-c1ccccc1. The second kappa shape index (κ2) is 6.47. The average Bonchev–Trinajstić information content (AvgIpc) is 2.84. The van der Waals surface area contributed by atoms with Gasteiger partial charge in [-0.05, 0) is 42.8 Å². The minimum Gasteiger partial charge on any atom is -0.497 e. The zero-order chi connectivity index (χ0) is 16.4. The Morgan fingerprint density at radius 1 is 1.09 bits per heavy atom. The quantitative estimate of drug-likeness (QED) is 0.754. The summed E-state index contributed by atoms with van der Waals surface area (Å²) < 4.78 is 7.75. The molecule has 3 heteroatoms. The van der Waals surface area contributed by atoms with Crippen LogP contribution in [-0.2, 0) is 6.54 Å². The number of fused-ring (bicyclic) bond motifs is 1. The van der Waals surface area contributed by atoms with Gasteiger partial charge in [-0.25, -0.2) is 0 Å². The van der Waals surface area contributed by atoms with E-state index in [-0.39, 0.29) is 0 Å². The van der Waals surface area contributed by atoms with Gasteiger partial charge in [0.2, 0.25) is 0 Å². The van der Waals surface area contributed by atoms with E-state index in [0.29, 0.717) is 6.04 Å². The molecule has 1 aromatic heterocycles. The summed E-state index contributed by atoms with van der Waals surface area (Å²) in [7, 11) is 1.72. The van der Waals surface area contributed by atoms with Gasteiger partial charge in [0.05, 0.1) is 12.6 Å². The molecule has 3 nitrogen and oxygen atoms in total. The smallest absolute Gasteiger partial charge is 0.119 e.